The van der Waals surface area contributed by atoms with Crippen LogP contribution in [0, 0.1) is 6.92 Å². The van der Waals surface area contributed by atoms with Crippen molar-refractivity contribution in [1.82, 2.24) is 14.7 Å². The molecule has 27 heavy (non-hydrogen) atoms. The summed E-state index contributed by atoms with van der Waals surface area (Å²) in [6.07, 6.45) is 2.50. The minimum absolute atomic E-state index is 0.0188. The predicted octanol–water partition coefficient (Wildman–Crippen LogP) is 2.97. The first-order chi connectivity index (χ1) is 12.9. The Bertz CT molecular complexity index is 845. The Kier molecular flexibility index (Phi) is 5.38. The Hall–Kier alpha value is -2.97. The van der Waals surface area contributed by atoms with Crippen LogP contribution in [0.15, 0.2) is 30.5 Å². The van der Waals surface area contributed by atoms with Crippen LogP contribution >= 0.6 is 0 Å². The first kappa shape index (κ1) is 18.8. The van der Waals surface area contributed by atoms with Gasteiger partial charge in [0.25, 0.3) is 5.91 Å². The van der Waals surface area contributed by atoms with Gasteiger partial charge in [-0.05, 0) is 31.9 Å². The zero-order chi connectivity index (χ0) is 19.6. The average Bonchev–Trinajstić information content (AvgIpc) is 3.03. The number of ether oxygens (including phenoxy) is 1. The molecular formula is C18H19F2N3O4. The van der Waals surface area contributed by atoms with Crippen LogP contribution in [-0.4, -0.2) is 51.4 Å². The summed E-state index contributed by atoms with van der Waals surface area (Å²) in [5, 5.41) is 13.3. The Morgan fingerprint density at radius 3 is 2.48 bits per heavy atom. The van der Waals surface area contributed by atoms with Crippen molar-refractivity contribution >= 4 is 11.9 Å². The van der Waals surface area contributed by atoms with Gasteiger partial charge in [0.15, 0.2) is 0 Å². The molecule has 1 aromatic heterocycles. The van der Waals surface area contributed by atoms with E-state index < -0.39 is 12.6 Å². The van der Waals surface area contributed by atoms with Gasteiger partial charge in [-0.2, -0.15) is 13.9 Å². The average molecular weight is 379 g/mol. The second-order valence-corrected chi connectivity index (χ2v) is 6.29. The first-order valence-electron chi connectivity index (χ1n) is 8.49. The number of piperidine rings is 1. The molecule has 1 aromatic carbocycles. The number of carbonyl (C=O) groups excluding carboxylic acids is 1. The molecule has 3 rings (SSSR count). The Balaban J connectivity index is 1.69. The number of aromatic nitrogens is 2. The molecule has 0 spiro atoms. The quantitative estimate of drug-likeness (QED) is 0.863. The van der Waals surface area contributed by atoms with E-state index in [1.165, 1.54) is 24.4 Å². The molecular weight excluding hydrogens is 360 g/mol. The number of nitrogens with zero attached hydrogens (tertiary/aromatic N) is 3. The molecule has 2 aromatic rings. The van der Waals surface area contributed by atoms with E-state index in [2.05, 4.69) is 9.84 Å². The number of hydrogen-bond donors (Lipinski definition) is 1. The lowest BCUT2D eigenvalue weighted by molar-refractivity contribution is -0.0503. The minimum atomic E-state index is -3.00. The summed E-state index contributed by atoms with van der Waals surface area (Å²) in [6, 6.07) is 5.91. The molecule has 0 aliphatic carbocycles. The molecule has 0 radical (unpaired) electrons. The lowest BCUT2D eigenvalue weighted by Crippen LogP contribution is -2.39. The molecule has 1 saturated heterocycles. The molecule has 1 aliphatic heterocycles. The van der Waals surface area contributed by atoms with Crippen molar-refractivity contribution in [2.45, 2.75) is 32.4 Å². The molecule has 7 nitrogen and oxygen atoms in total. The van der Waals surface area contributed by atoms with Crippen molar-refractivity contribution in [3.05, 3.63) is 47.3 Å². The Labute approximate surface area is 154 Å². The van der Waals surface area contributed by atoms with Gasteiger partial charge < -0.3 is 14.7 Å². The molecule has 1 N–H and O–H groups in total. The van der Waals surface area contributed by atoms with E-state index in [9.17, 15) is 18.4 Å². The van der Waals surface area contributed by atoms with Gasteiger partial charge in [-0.3, -0.25) is 9.48 Å². The van der Waals surface area contributed by atoms with Crippen LogP contribution in [0.2, 0.25) is 0 Å². The summed E-state index contributed by atoms with van der Waals surface area (Å²) in [5.74, 6) is -1.54. The van der Waals surface area contributed by atoms with E-state index in [4.69, 9.17) is 5.11 Å². The largest absolute Gasteiger partial charge is 0.478 e. The van der Waals surface area contributed by atoms with Gasteiger partial charge in [-0.25, -0.2) is 4.79 Å². The lowest BCUT2D eigenvalue weighted by Gasteiger charge is -2.33. The SMILES string of the molecule is Cc1c(C(=O)O)cnn1C1CCN(C(=O)c2ccccc2OC(F)F)CC1. The number of alkyl halides is 2. The number of aromatic carboxylic acids is 1. The standard InChI is InChI=1S/C18H19F2N3O4/c1-11-14(17(25)26)10-21-23(11)12-6-8-22(9-7-12)16(24)13-4-2-3-5-15(13)27-18(19)20/h2-5,10,12,18H,6-9H2,1H3,(H,25,26). The first-order valence-corrected chi connectivity index (χ1v) is 8.49. The number of benzene rings is 1. The molecule has 144 valence electrons. The van der Waals surface area contributed by atoms with E-state index in [1.807, 2.05) is 0 Å². The number of carboxylic acid groups (broad SMARTS) is 1. The zero-order valence-corrected chi connectivity index (χ0v) is 14.6. The van der Waals surface area contributed by atoms with Crippen LogP contribution in [0.25, 0.3) is 0 Å². The molecule has 9 heteroatoms. The van der Waals surface area contributed by atoms with Gasteiger partial charge in [-0.1, -0.05) is 12.1 Å². The van der Waals surface area contributed by atoms with E-state index in [-0.39, 0.29) is 28.8 Å². The third kappa shape index (κ3) is 3.91. The van der Waals surface area contributed by atoms with Crippen LogP contribution in [0.5, 0.6) is 5.75 Å². The number of carbonyl (C=O) groups is 2. The fourth-order valence-corrected chi connectivity index (χ4v) is 3.33. The molecule has 0 unspecified atom stereocenters. The van der Waals surface area contributed by atoms with E-state index >= 15 is 0 Å². The third-order valence-electron chi connectivity index (χ3n) is 4.71. The van der Waals surface area contributed by atoms with Crippen molar-refractivity contribution in [2.24, 2.45) is 0 Å². The molecule has 1 aliphatic rings. The second-order valence-electron chi connectivity index (χ2n) is 6.29. The van der Waals surface area contributed by atoms with E-state index in [1.54, 1.807) is 22.6 Å². The number of para-hydroxylation sites is 1. The Morgan fingerprint density at radius 2 is 1.89 bits per heavy atom. The molecule has 0 bridgehead atoms. The predicted molar refractivity (Wildman–Crippen MR) is 91.2 cm³/mol. The van der Waals surface area contributed by atoms with Gasteiger partial charge in [-0.15, -0.1) is 0 Å². The maximum absolute atomic E-state index is 12.7. The van der Waals surface area contributed by atoms with Crippen LogP contribution in [0.3, 0.4) is 0 Å². The van der Waals surface area contributed by atoms with Crippen LogP contribution in [-0.2, 0) is 0 Å². The summed E-state index contributed by atoms with van der Waals surface area (Å²) in [6.45, 7) is -0.482. The van der Waals surface area contributed by atoms with Crippen molar-refractivity contribution < 1.29 is 28.2 Å². The van der Waals surface area contributed by atoms with Gasteiger partial charge in [0.1, 0.15) is 11.3 Å². The maximum atomic E-state index is 12.7. The number of amides is 1. The number of rotatable bonds is 5. The molecule has 2 heterocycles. The van der Waals surface area contributed by atoms with E-state index in [0.717, 1.165) is 0 Å². The summed E-state index contributed by atoms with van der Waals surface area (Å²) in [7, 11) is 0. The normalized spacial score (nSPS) is 15.2. The highest BCUT2D eigenvalue weighted by atomic mass is 19.3. The van der Waals surface area contributed by atoms with Gasteiger partial charge in [0, 0.05) is 13.1 Å². The van der Waals surface area contributed by atoms with Gasteiger partial charge in [0.2, 0.25) is 0 Å². The second kappa shape index (κ2) is 7.73. The molecule has 1 fully saturated rings. The number of carboxylic acids is 1. The van der Waals surface area contributed by atoms with Gasteiger partial charge >= 0.3 is 12.6 Å². The smallest absolute Gasteiger partial charge is 0.387 e. The van der Waals surface area contributed by atoms with Crippen molar-refractivity contribution in [3.8, 4) is 5.75 Å². The number of halogens is 2. The topological polar surface area (TPSA) is 84.7 Å². The third-order valence-corrected chi connectivity index (χ3v) is 4.71. The van der Waals surface area contributed by atoms with Crippen molar-refractivity contribution in [2.75, 3.05) is 13.1 Å². The molecule has 1 amide bonds. The van der Waals surface area contributed by atoms with Crippen LogP contribution in [0.1, 0.15) is 45.3 Å². The maximum Gasteiger partial charge on any atom is 0.387 e. The van der Waals surface area contributed by atoms with Gasteiger partial charge in [0.05, 0.1) is 23.5 Å². The van der Waals surface area contributed by atoms with Crippen LogP contribution < -0.4 is 4.74 Å². The summed E-state index contributed by atoms with van der Waals surface area (Å²) in [5.41, 5.74) is 0.828. The summed E-state index contributed by atoms with van der Waals surface area (Å²) >= 11 is 0. The lowest BCUT2D eigenvalue weighted by atomic mass is 10.0. The highest BCUT2D eigenvalue weighted by Gasteiger charge is 2.28. The van der Waals surface area contributed by atoms with E-state index in [0.29, 0.717) is 31.6 Å². The molecule has 0 atom stereocenters. The number of hydrogen-bond acceptors (Lipinski definition) is 4. The summed E-state index contributed by atoms with van der Waals surface area (Å²) < 4.78 is 31.2. The highest BCUT2D eigenvalue weighted by molar-refractivity contribution is 5.97. The fraction of sp³-hybridized carbons (Fsp3) is 0.389. The van der Waals surface area contributed by atoms with Crippen molar-refractivity contribution in [3.63, 3.8) is 0 Å². The minimum Gasteiger partial charge on any atom is -0.478 e. The zero-order valence-electron chi connectivity index (χ0n) is 14.6. The molecule has 0 saturated carbocycles. The fourth-order valence-electron chi connectivity index (χ4n) is 3.33. The number of likely N-dealkylation sites (tertiary alicyclic amines) is 1. The highest BCUT2D eigenvalue weighted by Crippen LogP contribution is 2.28. The Morgan fingerprint density at radius 1 is 1.22 bits per heavy atom. The van der Waals surface area contributed by atoms with Crippen molar-refractivity contribution in [1.29, 1.82) is 0 Å². The summed E-state index contributed by atoms with van der Waals surface area (Å²) in [4.78, 5) is 25.4. The van der Waals surface area contributed by atoms with Crippen LogP contribution in [0.4, 0.5) is 8.78 Å². The monoisotopic (exact) mass is 379 g/mol.